The van der Waals surface area contributed by atoms with Gasteiger partial charge in [-0.05, 0) is 36.8 Å². The Kier molecular flexibility index (Phi) is 7.45. The number of aryl methyl sites for hydroxylation is 1. The average Bonchev–Trinajstić information content (AvgIpc) is 3.16. The number of ether oxygens (including phenoxy) is 1. The minimum absolute atomic E-state index is 0.0219. The van der Waals surface area contributed by atoms with Gasteiger partial charge in [-0.3, -0.25) is 14.5 Å². The molecule has 0 bridgehead atoms. The fourth-order valence-corrected chi connectivity index (χ4v) is 6.65. The zero-order chi connectivity index (χ0) is 31.4. The van der Waals surface area contributed by atoms with Crippen LogP contribution < -0.4 is 24.6 Å². The molecule has 2 aliphatic rings. The van der Waals surface area contributed by atoms with Crippen LogP contribution in [0.25, 0.3) is 22.0 Å². The molecular formula is C32H35FN6O4S. The number of nitrogens with zero attached hydrogens (tertiary/aromatic N) is 4. The number of carbonyl (C=O) groups is 1. The number of nitrogens with one attached hydrogen (secondary N) is 2. The maximum Gasteiger partial charge on any atom is 0.241 e. The first-order chi connectivity index (χ1) is 20.9. The van der Waals surface area contributed by atoms with E-state index < -0.39 is 21.3 Å². The highest BCUT2D eigenvalue weighted by Gasteiger charge is 2.58. The quantitative estimate of drug-likeness (QED) is 0.268. The predicted octanol–water partition coefficient (Wildman–Crippen LogP) is 4.23. The number of fused-ring (bicyclic) bond motifs is 4. The molecule has 230 valence electrons. The van der Waals surface area contributed by atoms with Crippen LogP contribution in [0.2, 0.25) is 0 Å². The summed E-state index contributed by atoms with van der Waals surface area (Å²) in [6.45, 7) is 7.81. The van der Waals surface area contributed by atoms with E-state index >= 15 is 4.39 Å². The number of benzene rings is 2. The molecule has 4 heterocycles. The van der Waals surface area contributed by atoms with Crippen molar-refractivity contribution in [3.05, 3.63) is 71.8 Å². The third-order valence-corrected chi connectivity index (χ3v) is 8.72. The number of hydrogen-bond donors (Lipinski definition) is 2. The largest absolute Gasteiger partial charge is 0.475 e. The molecule has 1 spiro atoms. The lowest BCUT2D eigenvalue weighted by Gasteiger charge is -2.48. The second-order valence-corrected chi connectivity index (χ2v) is 13.7. The summed E-state index contributed by atoms with van der Waals surface area (Å²) in [6.07, 6.45) is 4.12. The van der Waals surface area contributed by atoms with E-state index in [4.69, 9.17) is 4.74 Å². The number of sulfonamides is 1. The summed E-state index contributed by atoms with van der Waals surface area (Å²) in [5.74, 6) is -0.481. The van der Waals surface area contributed by atoms with Crippen molar-refractivity contribution in [1.82, 2.24) is 15.3 Å². The van der Waals surface area contributed by atoms with Gasteiger partial charge in [-0.25, -0.2) is 17.8 Å². The zero-order valence-corrected chi connectivity index (χ0v) is 26.1. The topological polar surface area (TPSA) is 117 Å². The van der Waals surface area contributed by atoms with E-state index in [9.17, 15) is 13.2 Å². The lowest BCUT2D eigenvalue weighted by Crippen LogP contribution is -2.64. The molecule has 6 rings (SSSR count). The summed E-state index contributed by atoms with van der Waals surface area (Å²) < 4.78 is 48.3. The lowest BCUT2D eigenvalue weighted by molar-refractivity contribution is -0.123. The van der Waals surface area contributed by atoms with E-state index in [0.29, 0.717) is 41.8 Å². The molecule has 4 aromatic rings. The normalized spacial score (nSPS) is 15.7. The average molecular weight is 619 g/mol. The summed E-state index contributed by atoms with van der Waals surface area (Å²) in [6, 6.07) is 13.0. The molecule has 1 saturated heterocycles. The molecule has 0 radical (unpaired) electrons. The van der Waals surface area contributed by atoms with E-state index in [-0.39, 0.29) is 35.7 Å². The Hall–Kier alpha value is -4.29. The van der Waals surface area contributed by atoms with Gasteiger partial charge in [0.15, 0.2) is 0 Å². The SMILES string of the molecule is Cc1cccc(N2CC3(C2)C(=O)N(C)c2cnc4cc(F)c(-c5cnc(OCCNC(C)C)c(NS(C)(=O)=O)c5)cc4c23)c1. The van der Waals surface area contributed by atoms with Gasteiger partial charge < -0.3 is 19.9 Å². The van der Waals surface area contributed by atoms with E-state index in [2.05, 4.69) is 31.0 Å². The molecule has 12 heteroatoms. The molecular weight excluding hydrogens is 583 g/mol. The lowest BCUT2D eigenvalue weighted by atomic mass is 9.73. The number of amides is 1. The maximum atomic E-state index is 15.7. The van der Waals surface area contributed by atoms with E-state index in [1.165, 1.54) is 18.3 Å². The van der Waals surface area contributed by atoms with Crippen molar-refractivity contribution in [2.24, 2.45) is 0 Å². The highest BCUT2D eigenvalue weighted by atomic mass is 32.2. The molecule has 0 atom stereocenters. The Bertz CT molecular complexity index is 1890. The van der Waals surface area contributed by atoms with E-state index in [1.54, 1.807) is 24.2 Å². The van der Waals surface area contributed by atoms with Crippen LogP contribution in [-0.2, 0) is 20.2 Å². The first-order valence-corrected chi connectivity index (χ1v) is 16.3. The molecule has 0 unspecified atom stereocenters. The minimum Gasteiger partial charge on any atom is -0.475 e. The maximum absolute atomic E-state index is 15.7. The Morgan fingerprint density at radius 2 is 1.89 bits per heavy atom. The first kappa shape index (κ1) is 29.8. The Labute approximate surface area is 256 Å². The number of pyridine rings is 2. The Morgan fingerprint density at radius 1 is 1.11 bits per heavy atom. The molecule has 2 N–H and O–H groups in total. The zero-order valence-electron chi connectivity index (χ0n) is 25.3. The number of halogens is 1. The monoisotopic (exact) mass is 618 g/mol. The summed E-state index contributed by atoms with van der Waals surface area (Å²) in [5.41, 5.74) is 3.98. The molecule has 0 aliphatic carbocycles. The van der Waals surface area contributed by atoms with Crippen molar-refractivity contribution < 1.29 is 22.3 Å². The number of carbonyl (C=O) groups excluding carboxylic acids is 1. The van der Waals surface area contributed by atoms with Crippen LogP contribution in [0.1, 0.15) is 25.0 Å². The second kappa shape index (κ2) is 11.0. The van der Waals surface area contributed by atoms with Gasteiger partial charge in [0, 0.05) is 72.8 Å². The van der Waals surface area contributed by atoms with Crippen LogP contribution in [0.5, 0.6) is 5.88 Å². The third kappa shape index (κ3) is 5.32. The van der Waals surface area contributed by atoms with Gasteiger partial charge >= 0.3 is 0 Å². The summed E-state index contributed by atoms with van der Waals surface area (Å²) in [7, 11) is -1.95. The van der Waals surface area contributed by atoms with Crippen molar-refractivity contribution in [3.63, 3.8) is 0 Å². The summed E-state index contributed by atoms with van der Waals surface area (Å²) >= 11 is 0. The predicted molar refractivity (Wildman–Crippen MR) is 171 cm³/mol. The minimum atomic E-state index is -3.69. The fourth-order valence-electron chi connectivity index (χ4n) is 6.11. The fraction of sp³-hybridized carbons (Fsp3) is 0.344. The van der Waals surface area contributed by atoms with Gasteiger partial charge in [0.25, 0.3) is 0 Å². The molecule has 2 aliphatic heterocycles. The molecule has 10 nitrogen and oxygen atoms in total. The van der Waals surface area contributed by atoms with E-state index in [0.717, 1.165) is 23.1 Å². The van der Waals surface area contributed by atoms with Crippen LogP contribution >= 0.6 is 0 Å². The number of aromatic nitrogens is 2. The third-order valence-electron chi connectivity index (χ3n) is 8.13. The van der Waals surface area contributed by atoms with E-state index in [1.807, 2.05) is 39.0 Å². The van der Waals surface area contributed by atoms with Gasteiger partial charge in [0.1, 0.15) is 23.5 Å². The number of anilines is 3. The molecule has 1 fully saturated rings. The first-order valence-electron chi connectivity index (χ1n) is 14.4. The van der Waals surface area contributed by atoms with Crippen LogP contribution in [0, 0.1) is 12.7 Å². The molecule has 2 aromatic heterocycles. The van der Waals surface area contributed by atoms with Crippen molar-refractivity contribution in [2.75, 3.05) is 54.1 Å². The van der Waals surface area contributed by atoms with Gasteiger partial charge in [0.05, 0.1) is 23.7 Å². The molecule has 0 saturated carbocycles. The standard InChI is InChI=1S/C32H35FN6O4S/c1-19(2)34-9-10-43-30-27(37-44(5,41)42)12-21(15-36-30)23-13-24-26(14-25(23)33)35-16-28-29(24)32(31(40)38(28)4)17-39(18-32)22-8-6-7-20(3)11-22/h6-8,11-16,19,34,37H,9-10,17-18H2,1-5H3. The van der Waals surface area contributed by atoms with Crippen molar-refractivity contribution in [3.8, 4) is 17.0 Å². The van der Waals surface area contributed by atoms with Gasteiger partial charge in [-0.2, -0.15) is 0 Å². The smallest absolute Gasteiger partial charge is 0.241 e. The Morgan fingerprint density at radius 3 is 2.59 bits per heavy atom. The van der Waals surface area contributed by atoms with Gasteiger partial charge in [-0.15, -0.1) is 0 Å². The van der Waals surface area contributed by atoms with Crippen LogP contribution in [0.15, 0.2) is 54.9 Å². The summed E-state index contributed by atoms with van der Waals surface area (Å²) in [4.78, 5) is 26.4. The molecule has 1 amide bonds. The van der Waals surface area contributed by atoms with Crippen molar-refractivity contribution >= 4 is 43.9 Å². The van der Waals surface area contributed by atoms with Crippen LogP contribution in [-0.4, -0.2) is 69.9 Å². The highest BCUT2D eigenvalue weighted by molar-refractivity contribution is 7.92. The van der Waals surface area contributed by atoms with Gasteiger partial charge in [0.2, 0.25) is 21.8 Å². The van der Waals surface area contributed by atoms with Crippen LogP contribution in [0.4, 0.5) is 21.5 Å². The number of rotatable bonds is 9. The number of likely N-dealkylation sites (N-methyl/N-ethyl adjacent to an activating group) is 1. The van der Waals surface area contributed by atoms with Crippen molar-refractivity contribution in [2.45, 2.75) is 32.2 Å². The number of hydrogen-bond acceptors (Lipinski definition) is 8. The van der Waals surface area contributed by atoms with Gasteiger partial charge in [-0.1, -0.05) is 26.0 Å². The molecule has 44 heavy (non-hydrogen) atoms. The summed E-state index contributed by atoms with van der Waals surface area (Å²) in [5, 5.41) is 3.89. The molecule has 2 aromatic carbocycles. The van der Waals surface area contributed by atoms with Crippen molar-refractivity contribution in [1.29, 1.82) is 0 Å². The second-order valence-electron chi connectivity index (χ2n) is 11.9. The Balaban J connectivity index is 1.41. The highest BCUT2D eigenvalue weighted by Crippen LogP contribution is 2.51. The van der Waals surface area contributed by atoms with Crippen LogP contribution in [0.3, 0.4) is 0 Å².